The summed E-state index contributed by atoms with van der Waals surface area (Å²) in [6, 6.07) is 7.84. The van der Waals surface area contributed by atoms with Gasteiger partial charge in [0.1, 0.15) is 0 Å². The Morgan fingerprint density at radius 1 is 1.35 bits per heavy atom. The van der Waals surface area contributed by atoms with Crippen LogP contribution in [0.25, 0.3) is 0 Å². The maximum absolute atomic E-state index is 12.2. The van der Waals surface area contributed by atoms with E-state index >= 15 is 0 Å². The summed E-state index contributed by atoms with van der Waals surface area (Å²) in [6.45, 7) is 7.95. The second kappa shape index (κ2) is 5.66. The van der Waals surface area contributed by atoms with Crippen molar-refractivity contribution in [1.29, 1.82) is 5.26 Å². The summed E-state index contributed by atoms with van der Waals surface area (Å²) in [5, 5.41) is 8.90. The first-order valence-corrected chi connectivity index (χ1v) is 7.19. The summed E-state index contributed by atoms with van der Waals surface area (Å²) in [4.78, 5) is 14.2. The number of hydrogen-bond donors (Lipinski definition) is 0. The molecule has 20 heavy (non-hydrogen) atoms. The molecule has 1 aromatic rings. The summed E-state index contributed by atoms with van der Waals surface area (Å²) in [7, 11) is 0. The van der Waals surface area contributed by atoms with Gasteiger partial charge in [0.05, 0.1) is 11.6 Å². The van der Waals surface area contributed by atoms with Crippen LogP contribution in [-0.2, 0) is 11.3 Å². The van der Waals surface area contributed by atoms with Gasteiger partial charge in [-0.2, -0.15) is 5.26 Å². The van der Waals surface area contributed by atoms with Crippen molar-refractivity contribution >= 4 is 5.91 Å². The number of likely N-dealkylation sites (tertiary alicyclic amines) is 1. The Balaban J connectivity index is 2.13. The van der Waals surface area contributed by atoms with E-state index in [0.29, 0.717) is 18.5 Å². The molecule has 0 saturated carbocycles. The van der Waals surface area contributed by atoms with E-state index in [1.165, 1.54) is 0 Å². The smallest absolute Gasteiger partial charge is 0.222 e. The standard InChI is InChI=1S/C17H22N2O/c1-13-10-14(11-18)4-5-15(13)12-19-9-8-17(2,3)7-6-16(19)20/h4-5,10H,6-9,12H2,1-3H3. The van der Waals surface area contributed by atoms with Crippen molar-refractivity contribution in [3.05, 3.63) is 34.9 Å². The van der Waals surface area contributed by atoms with E-state index in [1.54, 1.807) is 0 Å². The Labute approximate surface area is 121 Å². The van der Waals surface area contributed by atoms with Gasteiger partial charge in [0.15, 0.2) is 0 Å². The second-order valence-electron chi connectivity index (χ2n) is 6.48. The number of aryl methyl sites for hydroxylation is 1. The molecular weight excluding hydrogens is 248 g/mol. The van der Waals surface area contributed by atoms with Crippen LogP contribution in [-0.4, -0.2) is 17.4 Å². The van der Waals surface area contributed by atoms with Crippen molar-refractivity contribution in [2.45, 2.75) is 46.6 Å². The Morgan fingerprint density at radius 2 is 2.10 bits per heavy atom. The number of carbonyl (C=O) groups is 1. The molecule has 2 rings (SSSR count). The van der Waals surface area contributed by atoms with Gasteiger partial charge in [-0.05, 0) is 48.4 Å². The highest BCUT2D eigenvalue weighted by atomic mass is 16.2. The lowest BCUT2D eigenvalue weighted by molar-refractivity contribution is -0.131. The zero-order valence-corrected chi connectivity index (χ0v) is 12.6. The Bertz CT molecular complexity index is 555. The van der Waals surface area contributed by atoms with E-state index in [1.807, 2.05) is 30.0 Å². The summed E-state index contributed by atoms with van der Waals surface area (Å²) >= 11 is 0. The molecule has 0 bridgehead atoms. The normalized spacial score (nSPS) is 18.5. The number of amides is 1. The highest BCUT2D eigenvalue weighted by Gasteiger charge is 2.27. The molecule has 0 atom stereocenters. The third kappa shape index (κ3) is 3.39. The Hall–Kier alpha value is -1.82. The number of rotatable bonds is 2. The number of nitrogens with zero attached hydrogens (tertiary/aromatic N) is 2. The summed E-state index contributed by atoms with van der Waals surface area (Å²) in [5.41, 5.74) is 3.15. The fourth-order valence-corrected chi connectivity index (χ4v) is 2.61. The minimum atomic E-state index is 0.249. The molecule has 1 aromatic carbocycles. The fraction of sp³-hybridized carbons (Fsp3) is 0.529. The van der Waals surface area contributed by atoms with E-state index in [2.05, 4.69) is 19.9 Å². The van der Waals surface area contributed by atoms with Crippen LogP contribution in [0.3, 0.4) is 0 Å². The van der Waals surface area contributed by atoms with E-state index in [9.17, 15) is 4.79 Å². The largest absolute Gasteiger partial charge is 0.338 e. The highest BCUT2D eigenvalue weighted by Crippen LogP contribution is 2.31. The van der Waals surface area contributed by atoms with Crippen molar-refractivity contribution in [2.24, 2.45) is 5.41 Å². The van der Waals surface area contributed by atoms with E-state index in [4.69, 9.17) is 5.26 Å². The first-order valence-electron chi connectivity index (χ1n) is 7.19. The molecule has 1 amide bonds. The van der Waals surface area contributed by atoms with Crippen LogP contribution in [0, 0.1) is 23.7 Å². The van der Waals surface area contributed by atoms with E-state index in [-0.39, 0.29) is 11.3 Å². The van der Waals surface area contributed by atoms with Crippen molar-refractivity contribution in [1.82, 2.24) is 4.90 Å². The lowest BCUT2D eigenvalue weighted by atomic mass is 9.85. The second-order valence-corrected chi connectivity index (χ2v) is 6.48. The number of hydrogen-bond acceptors (Lipinski definition) is 2. The summed E-state index contributed by atoms with van der Waals surface area (Å²) < 4.78 is 0. The highest BCUT2D eigenvalue weighted by molar-refractivity contribution is 5.76. The average molecular weight is 270 g/mol. The van der Waals surface area contributed by atoms with Crippen LogP contribution < -0.4 is 0 Å². The first-order chi connectivity index (χ1) is 9.41. The van der Waals surface area contributed by atoms with Crippen LogP contribution in [0.15, 0.2) is 18.2 Å². The number of nitriles is 1. The third-order valence-electron chi connectivity index (χ3n) is 4.26. The molecule has 1 saturated heterocycles. The fourth-order valence-electron chi connectivity index (χ4n) is 2.61. The van der Waals surface area contributed by atoms with Crippen molar-refractivity contribution in [3.8, 4) is 6.07 Å². The lowest BCUT2D eigenvalue weighted by Crippen LogP contribution is -2.30. The van der Waals surface area contributed by atoms with Crippen LogP contribution in [0.2, 0.25) is 0 Å². The van der Waals surface area contributed by atoms with Crippen LogP contribution in [0.1, 0.15) is 49.8 Å². The summed E-state index contributed by atoms with van der Waals surface area (Å²) in [5.74, 6) is 0.249. The molecule has 0 spiro atoms. The molecule has 1 aliphatic rings. The molecule has 0 aromatic heterocycles. The van der Waals surface area contributed by atoms with Gasteiger partial charge in [0.25, 0.3) is 0 Å². The number of benzene rings is 1. The molecule has 1 aliphatic heterocycles. The molecule has 3 heteroatoms. The predicted molar refractivity (Wildman–Crippen MR) is 78.9 cm³/mol. The van der Waals surface area contributed by atoms with Crippen LogP contribution in [0.4, 0.5) is 0 Å². The zero-order valence-electron chi connectivity index (χ0n) is 12.6. The molecule has 0 unspecified atom stereocenters. The topological polar surface area (TPSA) is 44.1 Å². The van der Waals surface area contributed by atoms with E-state index < -0.39 is 0 Å². The van der Waals surface area contributed by atoms with Crippen molar-refractivity contribution < 1.29 is 4.79 Å². The molecule has 3 nitrogen and oxygen atoms in total. The molecule has 0 aliphatic carbocycles. The maximum Gasteiger partial charge on any atom is 0.222 e. The zero-order chi connectivity index (χ0) is 14.8. The summed E-state index contributed by atoms with van der Waals surface area (Å²) in [6.07, 6.45) is 2.66. The van der Waals surface area contributed by atoms with Crippen molar-refractivity contribution in [2.75, 3.05) is 6.54 Å². The Kier molecular flexibility index (Phi) is 4.13. The molecule has 0 N–H and O–H groups in total. The molecular formula is C17H22N2O. The maximum atomic E-state index is 12.2. The molecule has 1 fully saturated rings. The molecule has 0 radical (unpaired) electrons. The average Bonchev–Trinajstić information content (AvgIpc) is 2.53. The van der Waals surface area contributed by atoms with Gasteiger partial charge < -0.3 is 4.90 Å². The first kappa shape index (κ1) is 14.6. The quantitative estimate of drug-likeness (QED) is 0.826. The SMILES string of the molecule is Cc1cc(C#N)ccc1CN1CCC(C)(C)CCC1=O. The van der Waals surface area contributed by atoms with Gasteiger partial charge in [0.2, 0.25) is 5.91 Å². The minimum absolute atomic E-state index is 0.249. The molecule has 1 heterocycles. The van der Waals surface area contributed by atoms with Crippen LogP contribution >= 0.6 is 0 Å². The Morgan fingerprint density at radius 3 is 2.75 bits per heavy atom. The van der Waals surface area contributed by atoms with Gasteiger partial charge >= 0.3 is 0 Å². The van der Waals surface area contributed by atoms with Crippen molar-refractivity contribution in [3.63, 3.8) is 0 Å². The minimum Gasteiger partial charge on any atom is -0.338 e. The van der Waals surface area contributed by atoms with Crippen LogP contribution in [0.5, 0.6) is 0 Å². The van der Waals surface area contributed by atoms with Gasteiger partial charge in [-0.1, -0.05) is 19.9 Å². The molecule has 106 valence electrons. The van der Waals surface area contributed by atoms with Gasteiger partial charge in [0, 0.05) is 19.5 Å². The predicted octanol–water partition coefficient (Wildman–Crippen LogP) is 3.41. The van der Waals surface area contributed by atoms with Gasteiger partial charge in [-0.15, -0.1) is 0 Å². The van der Waals surface area contributed by atoms with Gasteiger partial charge in [-0.25, -0.2) is 0 Å². The van der Waals surface area contributed by atoms with E-state index in [0.717, 1.165) is 30.5 Å². The third-order valence-corrected chi connectivity index (χ3v) is 4.26. The monoisotopic (exact) mass is 270 g/mol. The number of carbonyl (C=O) groups excluding carboxylic acids is 1. The van der Waals surface area contributed by atoms with Gasteiger partial charge in [-0.3, -0.25) is 4.79 Å². The lowest BCUT2D eigenvalue weighted by Gasteiger charge is -2.24.